The van der Waals surface area contributed by atoms with E-state index in [1.807, 2.05) is 11.6 Å². The Kier molecular flexibility index (Phi) is 3.87. The van der Waals surface area contributed by atoms with Crippen LogP contribution in [-0.2, 0) is 12.0 Å². The molecule has 2 heterocycles. The number of nitrogens with zero attached hydrogens (tertiary/aromatic N) is 1. The molecule has 3 rings (SSSR count). The first-order valence-corrected chi connectivity index (χ1v) is 8.01. The van der Waals surface area contributed by atoms with Crippen LogP contribution in [0.25, 0.3) is 0 Å². The van der Waals surface area contributed by atoms with Gasteiger partial charge in [0.05, 0.1) is 5.54 Å². The van der Waals surface area contributed by atoms with Crippen LogP contribution in [-0.4, -0.2) is 18.1 Å². The van der Waals surface area contributed by atoms with Gasteiger partial charge in [-0.1, -0.05) is 24.3 Å². The zero-order valence-corrected chi connectivity index (χ0v) is 12.8. The monoisotopic (exact) mass is 287 g/mol. The molecule has 1 aliphatic rings. The number of fused-ring (bicyclic) bond motifs is 1. The van der Waals surface area contributed by atoms with Crippen LogP contribution in [0.1, 0.15) is 36.0 Å². The van der Waals surface area contributed by atoms with E-state index < -0.39 is 0 Å². The predicted molar refractivity (Wildman–Crippen MR) is 84.0 cm³/mol. The average molecular weight is 287 g/mol. The lowest BCUT2D eigenvalue weighted by Gasteiger charge is -2.31. The van der Waals surface area contributed by atoms with Gasteiger partial charge in [-0.2, -0.15) is 0 Å². The van der Waals surface area contributed by atoms with Gasteiger partial charge >= 0.3 is 0 Å². The zero-order chi connectivity index (χ0) is 14.0. The number of benzene rings is 1. The Morgan fingerprint density at radius 2 is 2.25 bits per heavy atom. The second-order valence-electron chi connectivity index (χ2n) is 5.80. The van der Waals surface area contributed by atoms with Gasteiger partial charge in [-0.05, 0) is 37.9 Å². The molecular formula is C16H21N3S. The summed E-state index contributed by atoms with van der Waals surface area (Å²) >= 11 is 1.71. The van der Waals surface area contributed by atoms with Crippen LogP contribution in [0, 0.1) is 0 Å². The summed E-state index contributed by atoms with van der Waals surface area (Å²) in [5.74, 6) is 0. The van der Waals surface area contributed by atoms with E-state index in [0.717, 1.165) is 24.5 Å². The average Bonchev–Trinajstić information content (AvgIpc) is 3.00. The van der Waals surface area contributed by atoms with Gasteiger partial charge in [-0.3, -0.25) is 0 Å². The maximum atomic E-state index is 4.43. The fraction of sp³-hybridized carbons (Fsp3) is 0.438. The molecule has 1 aromatic heterocycles. The molecule has 0 saturated carbocycles. The Morgan fingerprint density at radius 3 is 3.05 bits per heavy atom. The van der Waals surface area contributed by atoms with Gasteiger partial charge in [0.1, 0.15) is 5.01 Å². The molecule has 0 bridgehead atoms. The molecule has 0 radical (unpaired) electrons. The van der Waals surface area contributed by atoms with Crippen LogP contribution in [0.5, 0.6) is 0 Å². The highest BCUT2D eigenvalue weighted by atomic mass is 32.1. The molecule has 0 aliphatic carbocycles. The summed E-state index contributed by atoms with van der Waals surface area (Å²) in [4.78, 5) is 4.43. The van der Waals surface area contributed by atoms with Gasteiger partial charge in [0.15, 0.2) is 0 Å². The van der Waals surface area contributed by atoms with E-state index in [-0.39, 0.29) is 5.54 Å². The SMILES string of the molecule is CC(C)(NCC1NCCc2ccccc21)c1nccs1. The molecule has 20 heavy (non-hydrogen) atoms. The first-order valence-electron chi connectivity index (χ1n) is 7.13. The normalized spacial score (nSPS) is 18.8. The molecule has 0 fully saturated rings. The molecule has 1 aliphatic heterocycles. The summed E-state index contributed by atoms with van der Waals surface area (Å²) in [5, 5.41) is 10.4. The maximum absolute atomic E-state index is 4.43. The van der Waals surface area contributed by atoms with Crippen molar-refractivity contribution < 1.29 is 0 Å². The van der Waals surface area contributed by atoms with Crippen molar-refractivity contribution in [1.82, 2.24) is 15.6 Å². The minimum atomic E-state index is -0.0811. The van der Waals surface area contributed by atoms with Gasteiger partial charge in [0.25, 0.3) is 0 Å². The third kappa shape index (κ3) is 2.77. The van der Waals surface area contributed by atoms with Crippen molar-refractivity contribution in [3.8, 4) is 0 Å². The highest BCUT2D eigenvalue weighted by Gasteiger charge is 2.26. The molecule has 0 amide bonds. The minimum absolute atomic E-state index is 0.0811. The van der Waals surface area contributed by atoms with Crippen molar-refractivity contribution in [1.29, 1.82) is 0 Å². The van der Waals surface area contributed by atoms with Crippen LogP contribution in [0.3, 0.4) is 0 Å². The summed E-state index contributed by atoms with van der Waals surface area (Å²) in [7, 11) is 0. The number of aromatic nitrogens is 1. The molecule has 1 atom stereocenters. The number of nitrogens with one attached hydrogen (secondary N) is 2. The standard InChI is InChI=1S/C16H21N3S/c1-16(2,15-18-9-10-20-15)19-11-14-13-6-4-3-5-12(13)7-8-17-14/h3-6,9-10,14,17,19H,7-8,11H2,1-2H3. The first kappa shape index (κ1) is 13.7. The van der Waals surface area contributed by atoms with Crippen molar-refractivity contribution in [2.45, 2.75) is 31.8 Å². The smallest absolute Gasteiger partial charge is 0.112 e. The van der Waals surface area contributed by atoms with Crippen molar-refractivity contribution in [2.24, 2.45) is 0 Å². The van der Waals surface area contributed by atoms with Crippen molar-refractivity contribution in [2.75, 3.05) is 13.1 Å². The molecule has 4 heteroatoms. The lowest BCUT2D eigenvalue weighted by molar-refractivity contribution is 0.358. The number of hydrogen-bond donors (Lipinski definition) is 2. The minimum Gasteiger partial charge on any atom is -0.309 e. The molecule has 2 N–H and O–H groups in total. The lowest BCUT2D eigenvalue weighted by Crippen LogP contribution is -2.43. The van der Waals surface area contributed by atoms with Gasteiger partial charge in [-0.25, -0.2) is 4.98 Å². The van der Waals surface area contributed by atoms with E-state index in [0.29, 0.717) is 6.04 Å². The van der Waals surface area contributed by atoms with Crippen LogP contribution >= 0.6 is 11.3 Å². The summed E-state index contributed by atoms with van der Waals surface area (Å²) < 4.78 is 0. The zero-order valence-electron chi connectivity index (χ0n) is 12.0. The van der Waals surface area contributed by atoms with E-state index in [1.54, 1.807) is 11.3 Å². The molecular weight excluding hydrogens is 266 g/mol. The Hall–Kier alpha value is -1.23. The second kappa shape index (κ2) is 5.64. The predicted octanol–water partition coefficient (Wildman–Crippen LogP) is 2.85. The van der Waals surface area contributed by atoms with Gasteiger partial charge in [0.2, 0.25) is 0 Å². The highest BCUT2D eigenvalue weighted by molar-refractivity contribution is 7.09. The molecule has 0 spiro atoms. The van der Waals surface area contributed by atoms with E-state index >= 15 is 0 Å². The van der Waals surface area contributed by atoms with Gasteiger partial charge in [0, 0.05) is 24.2 Å². The molecule has 1 aromatic carbocycles. The van der Waals surface area contributed by atoms with Crippen molar-refractivity contribution in [3.05, 3.63) is 52.0 Å². The topological polar surface area (TPSA) is 37.0 Å². The van der Waals surface area contributed by atoms with Gasteiger partial charge in [-0.15, -0.1) is 11.3 Å². The van der Waals surface area contributed by atoms with E-state index in [2.05, 4.69) is 53.7 Å². The first-order chi connectivity index (χ1) is 9.67. The number of hydrogen-bond acceptors (Lipinski definition) is 4. The van der Waals surface area contributed by atoms with Crippen LogP contribution in [0.15, 0.2) is 35.8 Å². The van der Waals surface area contributed by atoms with E-state index in [9.17, 15) is 0 Å². The Labute approximate surface area is 124 Å². The number of thiazole rings is 1. The molecule has 0 saturated heterocycles. The van der Waals surface area contributed by atoms with Crippen LogP contribution in [0.2, 0.25) is 0 Å². The number of rotatable bonds is 4. The molecule has 2 aromatic rings. The summed E-state index contributed by atoms with van der Waals surface area (Å²) in [6.07, 6.45) is 3.00. The third-order valence-electron chi connectivity index (χ3n) is 3.93. The molecule has 106 valence electrons. The highest BCUT2D eigenvalue weighted by Crippen LogP contribution is 2.25. The Balaban J connectivity index is 1.71. The van der Waals surface area contributed by atoms with Crippen molar-refractivity contribution in [3.63, 3.8) is 0 Å². The molecule has 1 unspecified atom stereocenters. The van der Waals surface area contributed by atoms with E-state index in [4.69, 9.17) is 0 Å². The summed E-state index contributed by atoms with van der Waals surface area (Å²) in [6.45, 7) is 6.37. The molecule has 3 nitrogen and oxygen atoms in total. The lowest BCUT2D eigenvalue weighted by atomic mass is 9.93. The second-order valence-corrected chi connectivity index (χ2v) is 6.69. The van der Waals surface area contributed by atoms with Crippen molar-refractivity contribution >= 4 is 11.3 Å². The third-order valence-corrected chi connectivity index (χ3v) is 5.03. The van der Waals surface area contributed by atoms with Crippen LogP contribution in [0.4, 0.5) is 0 Å². The fourth-order valence-corrected chi connectivity index (χ4v) is 3.48. The fourth-order valence-electron chi connectivity index (χ4n) is 2.74. The van der Waals surface area contributed by atoms with Crippen LogP contribution < -0.4 is 10.6 Å². The maximum Gasteiger partial charge on any atom is 0.112 e. The Bertz CT molecular complexity index is 563. The largest absolute Gasteiger partial charge is 0.309 e. The van der Waals surface area contributed by atoms with Gasteiger partial charge < -0.3 is 10.6 Å². The summed E-state index contributed by atoms with van der Waals surface area (Å²) in [6, 6.07) is 9.14. The quantitative estimate of drug-likeness (QED) is 0.908. The summed E-state index contributed by atoms with van der Waals surface area (Å²) in [5.41, 5.74) is 2.83. The van der Waals surface area contributed by atoms with E-state index in [1.165, 1.54) is 11.1 Å². The Morgan fingerprint density at radius 1 is 1.40 bits per heavy atom.